The average Bonchev–Trinajstić information content (AvgIpc) is 1.97. The lowest BCUT2D eigenvalue weighted by Gasteiger charge is -2.05. The van der Waals surface area contributed by atoms with Gasteiger partial charge in [0.15, 0.2) is 0 Å². The highest BCUT2D eigenvalue weighted by Crippen LogP contribution is 2.38. The van der Waals surface area contributed by atoms with Crippen LogP contribution in [0.5, 0.6) is 0 Å². The first-order valence-corrected chi connectivity index (χ1v) is 4.27. The fraction of sp³-hybridized carbons (Fsp3) is 0. The Morgan fingerprint density at radius 1 is 1.27 bits per heavy atom. The number of hydrogen-bond acceptors (Lipinski definition) is 2. The van der Waals surface area contributed by atoms with Crippen LogP contribution in [0.2, 0.25) is 10.0 Å². The van der Waals surface area contributed by atoms with Crippen molar-refractivity contribution in [3.63, 3.8) is 0 Å². The molecule has 1 rings (SSSR count). The van der Waals surface area contributed by atoms with E-state index in [1.54, 1.807) is 6.07 Å². The summed E-state index contributed by atoms with van der Waals surface area (Å²) in [5.74, 6) is 0. The Bertz CT molecular complexity index is 275. The van der Waals surface area contributed by atoms with E-state index in [0.717, 1.165) is 0 Å². The van der Waals surface area contributed by atoms with Gasteiger partial charge in [0.05, 0.1) is 25.9 Å². The first-order valence-electron chi connectivity index (χ1n) is 2.72. The van der Waals surface area contributed by atoms with Crippen LogP contribution in [0.15, 0.2) is 10.5 Å². The lowest BCUT2D eigenvalue weighted by Crippen LogP contribution is -1.95. The molecule has 0 bridgehead atoms. The van der Waals surface area contributed by atoms with Crippen molar-refractivity contribution in [1.82, 2.24) is 0 Å². The number of rotatable bonds is 0. The number of halogens is 3. The summed E-state index contributed by atoms with van der Waals surface area (Å²) in [6.45, 7) is 0. The highest BCUT2D eigenvalue weighted by atomic mass is 79.9. The monoisotopic (exact) mass is 254 g/mol. The maximum Gasteiger partial charge on any atom is 0.0813 e. The summed E-state index contributed by atoms with van der Waals surface area (Å²) < 4.78 is 0.576. The van der Waals surface area contributed by atoms with E-state index in [9.17, 15) is 0 Å². The van der Waals surface area contributed by atoms with E-state index in [0.29, 0.717) is 25.9 Å². The van der Waals surface area contributed by atoms with Crippen molar-refractivity contribution in [2.75, 3.05) is 11.5 Å². The first-order chi connectivity index (χ1) is 5.04. The molecule has 0 fully saturated rings. The molecule has 2 nitrogen and oxygen atoms in total. The summed E-state index contributed by atoms with van der Waals surface area (Å²) in [4.78, 5) is 0. The van der Waals surface area contributed by atoms with Crippen LogP contribution in [0, 0.1) is 0 Å². The van der Waals surface area contributed by atoms with Crippen LogP contribution in [-0.4, -0.2) is 0 Å². The van der Waals surface area contributed by atoms with Crippen molar-refractivity contribution < 1.29 is 0 Å². The van der Waals surface area contributed by atoms with E-state index >= 15 is 0 Å². The minimum Gasteiger partial charge on any atom is -0.397 e. The van der Waals surface area contributed by atoms with Crippen LogP contribution in [0.3, 0.4) is 0 Å². The second-order valence-corrected chi connectivity index (χ2v) is 3.57. The molecule has 5 heteroatoms. The predicted octanol–water partition coefficient (Wildman–Crippen LogP) is 2.92. The van der Waals surface area contributed by atoms with Crippen molar-refractivity contribution >= 4 is 50.5 Å². The molecule has 0 spiro atoms. The zero-order valence-corrected chi connectivity index (χ0v) is 8.46. The van der Waals surface area contributed by atoms with E-state index in [4.69, 9.17) is 34.7 Å². The second-order valence-electron chi connectivity index (χ2n) is 1.99. The van der Waals surface area contributed by atoms with Crippen LogP contribution >= 0.6 is 39.1 Å². The van der Waals surface area contributed by atoms with Crippen LogP contribution in [0.25, 0.3) is 0 Å². The third-order valence-corrected chi connectivity index (χ3v) is 3.20. The number of benzene rings is 1. The highest BCUT2D eigenvalue weighted by Gasteiger charge is 2.08. The molecule has 0 unspecified atom stereocenters. The molecule has 4 N–H and O–H groups in total. The van der Waals surface area contributed by atoms with E-state index < -0.39 is 0 Å². The lowest BCUT2D eigenvalue weighted by atomic mass is 10.3. The molecule has 0 saturated heterocycles. The third kappa shape index (κ3) is 1.55. The molecule has 0 atom stereocenters. The number of anilines is 2. The molecule has 0 aromatic heterocycles. The van der Waals surface area contributed by atoms with Gasteiger partial charge in [0, 0.05) is 0 Å². The van der Waals surface area contributed by atoms with Gasteiger partial charge in [0.1, 0.15) is 0 Å². The van der Waals surface area contributed by atoms with Gasteiger partial charge in [-0.05, 0) is 22.0 Å². The Labute approximate surface area is 82.6 Å². The summed E-state index contributed by atoms with van der Waals surface area (Å²) in [5.41, 5.74) is 11.7. The molecule has 0 saturated carbocycles. The van der Waals surface area contributed by atoms with E-state index in [-0.39, 0.29) is 0 Å². The van der Waals surface area contributed by atoms with Crippen LogP contribution in [-0.2, 0) is 0 Å². The average molecular weight is 256 g/mol. The molecule has 0 aliphatic heterocycles. The van der Waals surface area contributed by atoms with Crippen LogP contribution in [0.4, 0.5) is 11.4 Å². The SMILES string of the molecule is Nc1cc(Cl)c(Br)c(Cl)c1N. The highest BCUT2D eigenvalue weighted by molar-refractivity contribution is 9.10. The van der Waals surface area contributed by atoms with Gasteiger partial charge in [0.2, 0.25) is 0 Å². The summed E-state index contributed by atoms with van der Waals surface area (Å²) in [6.07, 6.45) is 0. The van der Waals surface area contributed by atoms with Gasteiger partial charge < -0.3 is 11.5 Å². The Kier molecular flexibility index (Phi) is 2.52. The van der Waals surface area contributed by atoms with Crippen LogP contribution in [0.1, 0.15) is 0 Å². The predicted molar refractivity (Wildman–Crippen MR) is 53.0 cm³/mol. The van der Waals surface area contributed by atoms with Crippen molar-refractivity contribution in [3.05, 3.63) is 20.6 Å². The second kappa shape index (κ2) is 3.09. The zero-order valence-electron chi connectivity index (χ0n) is 5.37. The molecule has 0 radical (unpaired) electrons. The molecule has 60 valence electrons. The third-order valence-electron chi connectivity index (χ3n) is 1.23. The molecule has 0 heterocycles. The van der Waals surface area contributed by atoms with Crippen molar-refractivity contribution in [1.29, 1.82) is 0 Å². The summed E-state index contributed by atoms with van der Waals surface area (Å²) >= 11 is 14.6. The quantitative estimate of drug-likeness (QED) is 0.553. The fourth-order valence-electron chi connectivity index (χ4n) is 0.627. The largest absolute Gasteiger partial charge is 0.397 e. The Morgan fingerprint density at radius 2 is 1.82 bits per heavy atom. The fourth-order valence-corrected chi connectivity index (χ4v) is 1.43. The normalized spacial score (nSPS) is 10.1. The Morgan fingerprint density at radius 3 is 2.36 bits per heavy atom. The van der Waals surface area contributed by atoms with Crippen molar-refractivity contribution in [3.8, 4) is 0 Å². The summed E-state index contributed by atoms with van der Waals surface area (Å²) in [7, 11) is 0. The number of nitrogen functional groups attached to an aromatic ring is 2. The molecule has 0 amide bonds. The summed E-state index contributed by atoms with van der Waals surface area (Å²) in [5, 5.41) is 0.816. The topological polar surface area (TPSA) is 52.0 Å². The van der Waals surface area contributed by atoms with Crippen molar-refractivity contribution in [2.24, 2.45) is 0 Å². The molecule has 0 aliphatic rings. The standard InChI is InChI=1S/C6H5BrCl2N2/c7-4-2(8)1-3(10)6(11)5(4)9/h1H,10-11H2. The zero-order chi connectivity index (χ0) is 8.59. The van der Waals surface area contributed by atoms with Gasteiger partial charge in [-0.25, -0.2) is 0 Å². The Hall–Kier alpha value is -0.120. The minimum absolute atomic E-state index is 0.350. The van der Waals surface area contributed by atoms with E-state index in [1.807, 2.05) is 0 Å². The maximum atomic E-state index is 5.75. The lowest BCUT2D eigenvalue weighted by molar-refractivity contribution is 1.62. The number of hydrogen-bond donors (Lipinski definition) is 2. The maximum absolute atomic E-state index is 5.75. The molecule has 0 aliphatic carbocycles. The van der Waals surface area contributed by atoms with E-state index in [2.05, 4.69) is 15.9 Å². The van der Waals surface area contributed by atoms with Gasteiger partial charge >= 0.3 is 0 Å². The van der Waals surface area contributed by atoms with Gasteiger partial charge in [-0.15, -0.1) is 0 Å². The molecular formula is C6H5BrCl2N2. The molecule has 11 heavy (non-hydrogen) atoms. The minimum atomic E-state index is 0.350. The first kappa shape index (κ1) is 8.97. The molecule has 1 aromatic carbocycles. The van der Waals surface area contributed by atoms with E-state index in [1.165, 1.54) is 0 Å². The number of nitrogens with two attached hydrogens (primary N) is 2. The van der Waals surface area contributed by atoms with Crippen molar-refractivity contribution in [2.45, 2.75) is 0 Å². The van der Waals surface area contributed by atoms with Gasteiger partial charge in [-0.1, -0.05) is 23.2 Å². The molecular weight excluding hydrogens is 251 g/mol. The van der Waals surface area contributed by atoms with Gasteiger partial charge in [-0.2, -0.15) is 0 Å². The van der Waals surface area contributed by atoms with Gasteiger partial charge in [-0.3, -0.25) is 0 Å². The Balaban J connectivity index is 3.46. The molecule has 1 aromatic rings. The van der Waals surface area contributed by atoms with Crippen LogP contribution < -0.4 is 11.5 Å². The smallest absolute Gasteiger partial charge is 0.0813 e. The summed E-state index contributed by atoms with van der Waals surface area (Å²) in [6, 6.07) is 1.55. The van der Waals surface area contributed by atoms with Gasteiger partial charge in [0.25, 0.3) is 0 Å².